The Bertz CT molecular complexity index is 484. The highest BCUT2D eigenvalue weighted by molar-refractivity contribution is 6.33. The maximum atomic E-state index is 6.32. The van der Waals surface area contributed by atoms with Gasteiger partial charge in [-0.2, -0.15) is 0 Å². The Morgan fingerprint density at radius 3 is 2.30 bits per heavy atom. The molecule has 4 nitrogen and oxygen atoms in total. The second-order valence-electron chi connectivity index (χ2n) is 5.55. The molecule has 0 bridgehead atoms. The lowest BCUT2D eigenvalue weighted by molar-refractivity contribution is -0.0337. The van der Waals surface area contributed by atoms with Crippen molar-refractivity contribution in [3.8, 4) is 11.5 Å². The van der Waals surface area contributed by atoms with Crippen molar-refractivity contribution >= 4 is 17.3 Å². The molecule has 1 aromatic rings. The summed E-state index contributed by atoms with van der Waals surface area (Å²) in [6, 6.07) is 4.13. The van der Waals surface area contributed by atoms with Crippen LogP contribution in [0.1, 0.15) is 26.7 Å². The van der Waals surface area contributed by atoms with Gasteiger partial charge in [-0.1, -0.05) is 11.6 Å². The van der Waals surface area contributed by atoms with E-state index in [1.165, 1.54) is 0 Å². The largest absolute Gasteiger partial charge is 0.486 e. The normalized spacial score (nSPS) is 29.1. The number of hydrogen-bond acceptors (Lipinski definition) is 4. The van der Waals surface area contributed by atoms with E-state index < -0.39 is 0 Å². The number of anilines is 1. The van der Waals surface area contributed by atoms with E-state index in [0.717, 1.165) is 30.0 Å². The molecular formula is C15H20ClNO3. The van der Waals surface area contributed by atoms with E-state index >= 15 is 0 Å². The van der Waals surface area contributed by atoms with Gasteiger partial charge >= 0.3 is 0 Å². The van der Waals surface area contributed by atoms with E-state index in [4.69, 9.17) is 25.8 Å². The first-order valence-corrected chi connectivity index (χ1v) is 7.51. The minimum atomic E-state index is 0.271. The van der Waals surface area contributed by atoms with Crippen molar-refractivity contribution < 1.29 is 14.2 Å². The van der Waals surface area contributed by atoms with Gasteiger partial charge in [0.25, 0.3) is 0 Å². The van der Waals surface area contributed by atoms with Crippen LogP contribution in [0.5, 0.6) is 11.5 Å². The van der Waals surface area contributed by atoms with Crippen LogP contribution in [-0.4, -0.2) is 31.5 Å². The van der Waals surface area contributed by atoms with Crippen LogP contribution < -0.4 is 14.8 Å². The fraction of sp³-hybridized carbons (Fsp3) is 0.600. The molecule has 2 aliphatic rings. The summed E-state index contributed by atoms with van der Waals surface area (Å²) in [5, 5.41) is 4.18. The van der Waals surface area contributed by atoms with Crippen molar-refractivity contribution in [1.29, 1.82) is 0 Å². The zero-order valence-corrected chi connectivity index (χ0v) is 12.6. The van der Waals surface area contributed by atoms with Crippen LogP contribution in [0.2, 0.25) is 5.02 Å². The van der Waals surface area contributed by atoms with Crippen molar-refractivity contribution in [3.05, 3.63) is 17.2 Å². The van der Waals surface area contributed by atoms with Crippen LogP contribution in [-0.2, 0) is 4.74 Å². The SMILES string of the molecule is CC1CC(Nc2cc3c(cc2Cl)OCCO3)CC(C)O1. The lowest BCUT2D eigenvalue weighted by Crippen LogP contribution is -2.37. The van der Waals surface area contributed by atoms with Crippen LogP contribution in [0.15, 0.2) is 12.1 Å². The van der Waals surface area contributed by atoms with Gasteiger partial charge in [0.1, 0.15) is 13.2 Å². The van der Waals surface area contributed by atoms with E-state index in [2.05, 4.69) is 19.2 Å². The van der Waals surface area contributed by atoms with Crippen molar-refractivity contribution in [2.45, 2.75) is 44.9 Å². The summed E-state index contributed by atoms with van der Waals surface area (Å²) in [4.78, 5) is 0. The second kappa shape index (κ2) is 5.70. The Balaban J connectivity index is 1.76. The lowest BCUT2D eigenvalue weighted by atomic mass is 9.99. The molecule has 1 N–H and O–H groups in total. The quantitative estimate of drug-likeness (QED) is 0.907. The van der Waals surface area contributed by atoms with Gasteiger partial charge in [-0.15, -0.1) is 0 Å². The van der Waals surface area contributed by atoms with E-state index in [1.54, 1.807) is 0 Å². The van der Waals surface area contributed by atoms with Gasteiger partial charge in [-0.3, -0.25) is 0 Å². The maximum Gasteiger partial charge on any atom is 0.163 e. The third-order valence-electron chi connectivity index (χ3n) is 3.69. The van der Waals surface area contributed by atoms with Crippen molar-refractivity contribution in [2.75, 3.05) is 18.5 Å². The van der Waals surface area contributed by atoms with Crippen molar-refractivity contribution in [1.82, 2.24) is 0 Å². The molecule has 0 saturated carbocycles. The maximum absolute atomic E-state index is 6.32. The fourth-order valence-corrected chi connectivity index (χ4v) is 3.13. The van der Waals surface area contributed by atoms with Crippen molar-refractivity contribution in [3.63, 3.8) is 0 Å². The molecule has 110 valence electrons. The molecule has 2 atom stereocenters. The Hall–Kier alpha value is -1.13. The first-order valence-electron chi connectivity index (χ1n) is 7.13. The van der Waals surface area contributed by atoms with Crippen LogP contribution in [0.25, 0.3) is 0 Å². The average molecular weight is 298 g/mol. The highest BCUT2D eigenvalue weighted by Gasteiger charge is 2.25. The standard InChI is InChI=1S/C15H20ClNO3/c1-9-5-11(6-10(2)20-9)17-13-8-15-14(7-12(13)16)18-3-4-19-15/h7-11,17H,3-6H2,1-2H3. The topological polar surface area (TPSA) is 39.7 Å². The highest BCUT2D eigenvalue weighted by atomic mass is 35.5. The molecule has 1 saturated heterocycles. The first-order chi connectivity index (χ1) is 9.61. The molecule has 0 aliphatic carbocycles. The Morgan fingerprint density at radius 1 is 1.05 bits per heavy atom. The number of benzene rings is 1. The molecule has 3 rings (SSSR count). The summed E-state index contributed by atoms with van der Waals surface area (Å²) in [5.74, 6) is 1.48. The molecule has 0 spiro atoms. The molecule has 1 aromatic carbocycles. The monoisotopic (exact) mass is 297 g/mol. The van der Waals surface area contributed by atoms with E-state index in [-0.39, 0.29) is 12.2 Å². The molecule has 1 fully saturated rings. The van der Waals surface area contributed by atoms with Gasteiger partial charge in [-0.25, -0.2) is 0 Å². The first kappa shape index (κ1) is 13.8. The molecule has 20 heavy (non-hydrogen) atoms. The van der Waals surface area contributed by atoms with Gasteiger partial charge in [0.05, 0.1) is 22.9 Å². The second-order valence-corrected chi connectivity index (χ2v) is 5.95. The third kappa shape index (κ3) is 2.96. The van der Waals surface area contributed by atoms with Crippen LogP contribution in [0.3, 0.4) is 0 Å². The summed E-state index contributed by atoms with van der Waals surface area (Å²) in [5.41, 5.74) is 0.905. The van der Waals surface area contributed by atoms with Crippen LogP contribution >= 0.6 is 11.6 Å². The van der Waals surface area contributed by atoms with Gasteiger partial charge in [0.2, 0.25) is 0 Å². The van der Waals surface area contributed by atoms with E-state index in [1.807, 2.05) is 12.1 Å². The van der Waals surface area contributed by atoms with Crippen LogP contribution in [0.4, 0.5) is 5.69 Å². The van der Waals surface area contributed by atoms with Gasteiger partial charge < -0.3 is 19.5 Å². The average Bonchev–Trinajstić information content (AvgIpc) is 2.38. The Labute approximate surface area is 124 Å². The number of fused-ring (bicyclic) bond motifs is 1. The predicted molar refractivity (Wildman–Crippen MR) is 79.1 cm³/mol. The number of hydrogen-bond donors (Lipinski definition) is 1. The lowest BCUT2D eigenvalue weighted by Gasteiger charge is -2.33. The summed E-state index contributed by atoms with van der Waals surface area (Å²) in [6.45, 7) is 5.37. The Morgan fingerprint density at radius 2 is 1.65 bits per heavy atom. The number of ether oxygens (including phenoxy) is 3. The Kier molecular flexibility index (Phi) is 3.94. The zero-order chi connectivity index (χ0) is 14.1. The number of halogens is 1. The summed E-state index contributed by atoms with van der Waals surface area (Å²) in [6.07, 6.45) is 2.50. The van der Waals surface area contributed by atoms with Gasteiger partial charge in [0.15, 0.2) is 11.5 Å². The third-order valence-corrected chi connectivity index (χ3v) is 4.00. The molecule has 2 heterocycles. The van der Waals surface area contributed by atoms with Gasteiger partial charge in [-0.05, 0) is 26.7 Å². The molecule has 0 amide bonds. The number of nitrogens with one attached hydrogen (secondary N) is 1. The number of rotatable bonds is 2. The van der Waals surface area contributed by atoms with E-state index in [9.17, 15) is 0 Å². The summed E-state index contributed by atoms with van der Waals surface area (Å²) < 4.78 is 16.9. The van der Waals surface area contributed by atoms with Crippen LogP contribution in [0, 0.1) is 0 Å². The molecule has 2 aliphatic heterocycles. The smallest absolute Gasteiger partial charge is 0.163 e. The molecule has 0 radical (unpaired) electrons. The molecule has 5 heteroatoms. The van der Waals surface area contributed by atoms with Gasteiger partial charge in [0, 0.05) is 18.2 Å². The summed E-state index contributed by atoms with van der Waals surface area (Å²) in [7, 11) is 0. The van der Waals surface area contributed by atoms with Crippen molar-refractivity contribution in [2.24, 2.45) is 0 Å². The predicted octanol–water partition coefficient (Wildman–Crippen LogP) is 3.48. The zero-order valence-electron chi connectivity index (χ0n) is 11.8. The minimum Gasteiger partial charge on any atom is -0.486 e. The molecule has 2 unspecified atom stereocenters. The summed E-state index contributed by atoms with van der Waals surface area (Å²) >= 11 is 6.32. The minimum absolute atomic E-state index is 0.271. The van der Waals surface area contributed by atoms with E-state index in [0.29, 0.717) is 24.3 Å². The molecular weight excluding hydrogens is 278 g/mol. The fourth-order valence-electron chi connectivity index (χ4n) is 2.92. The molecule has 0 aromatic heterocycles. The highest BCUT2D eigenvalue weighted by Crippen LogP contribution is 2.38.